The summed E-state index contributed by atoms with van der Waals surface area (Å²) in [5.74, 6) is 0. The average Bonchev–Trinajstić information content (AvgIpc) is 2.73. The molecule has 0 heterocycles. The second-order valence-electron chi connectivity index (χ2n) is 7.32. The minimum atomic E-state index is -9.19. The van der Waals surface area contributed by atoms with Gasteiger partial charge in [0.05, 0.1) is 5.69 Å². The molecule has 3 aromatic rings. The van der Waals surface area contributed by atoms with E-state index in [1.807, 2.05) is 0 Å². The van der Waals surface area contributed by atoms with E-state index in [0.717, 1.165) is 6.42 Å². The third-order valence-corrected chi connectivity index (χ3v) is 5.45. The Morgan fingerprint density at radius 3 is 1.81 bits per heavy atom. The second kappa shape index (κ2) is 11.4. The van der Waals surface area contributed by atoms with E-state index in [-0.39, 0.29) is 0 Å². The van der Waals surface area contributed by atoms with Crippen LogP contribution in [0.3, 0.4) is 0 Å². The molecule has 0 aliphatic carbocycles. The van der Waals surface area contributed by atoms with Gasteiger partial charge in [0, 0.05) is 29.2 Å². The van der Waals surface area contributed by atoms with Crippen molar-refractivity contribution in [3.05, 3.63) is 83.9 Å². The first-order chi connectivity index (χ1) is 14.9. The van der Waals surface area contributed by atoms with E-state index in [4.69, 9.17) is 0 Å². The summed E-state index contributed by atoms with van der Waals surface area (Å²) in [6, 6.07) is 26.6. The summed E-state index contributed by atoms with van der Waals surface area (Å²) in [6.07, 6.45) is 5.82. The predicted molar refractivity (Wildman–Crippen MR) is 129 cm³/mol. The van der Waals surface area contributed by atoms with Crippen molar-refractivity contribution < 1.29 is 14.1 Å². The van der Waals surface area contributed by atoms with Gasteiger partial charge in [0.25, 0.3) is 0 Å². The molecule has 3 rings (SSSR count). The van der Waals surface area contributed by atoms with Crippen LogP contribution in [0.1, 0.15) is 30.9 Å². The molecule has 0 atom stereocenters. The molecule has 0 fully saturated rings. The van der Waals surface area contributed by atoms with Crippen LogP contribution in [0.5, 0.6) is 0 Å². The number of unbranched alkanes of at least 4 members (excludes halogenated alkanes) is 1. The van der Waals surface area contributed by atoms with Crippen molar-refractivity contribution in [1.82, 2.24) is 0 Å². The number of nitrogens with zero attached hydrogens (tertiary/aromatic N) is 1. The third kappa shape index (κ3) is 9.82. The molecule has 0 unspecified atom stereocenters. The summed E-state index contributed by atoms with van der Waals surface area (Å²) >= 11 is -7.90. The van der Waals surface area contributed by atoms with E-state index in [1.165, 1.54) is 57.7 Å². The van der Waals surface area contributed by atoms with Gasteiger partial charge in [-0.2, -0.15) is 0 Å². The first-order valence-corrected chi connectivity index (χ1v) is 16.4. The number of halogens is 5. The van der Waals surface area contributed by atoms with Gasteiger partial charge in [0.1, 0.15) is 6.26 Å². The fraction of sp³-hybridized carbons (Fsp3) is 0.250. The Morgan fingerprint density at radius 1 is 0.781 bits per heavy atom. The molecule has 0 saturated carbocycles. The predicted octanol–water partition coefficient (Wildman–Crippen LogP) is 8.33. The van der Waals surface area contributed by atoms with Gasteiger partial charge in [-0.25, -0.2) is 0 Å². The maximum atomic E-state index is 9.91. The van der Waals surface area contributed by atoms with Gasteiger partial charge in [0.15, 0.2) is 4.90 Å². The number of anilines is 3. The monoisotopic (exact) mass is 578 g/mol. The summed E-state index contributed by atoms with van der Waals surface area (Å²) in [6.45, 7) is 4.38. The summed E-state index contributed by atoms with van der Waals surface area (Å²) in [5.41, 5.74) is 6.31. The van der Waals surface area contributed by atoms with Crippen LogP contribution < -0.4 is 4.90 Å². The fourth-order valence-electron chi connectivity index (χ4n) is 3.10. The summed E-state index contributed by atoms with van der Waals surface area (Å²) in [7, 11) is 0. The van der Waals surface area contributed by atoms with E-state index in [1.54, 1.807) is 0 Å². The Labute approximate surface area is 195 Å². The first kappa shape index (κ1) is 26.5. The number of hydrogen-bond donors (Lipinski definition) is 0. The first-order valence-electron chi connectivity index (χ1n) is 10.2. The van der Waals surface area contributed by atoms with Gasteiger partial charge >= 0.3 is 34.4 Å². The number of aryl methyl sites for hydroxylation is 2. The molecule has 0 spiro atoms. The van der Waals surface area contributed by atoms with Crippen LogP contribution in [0.15, 0.2) is 77.7 Å². The molecule has 32 heavy (non-hydrogen) atoms. The molecule has 174 valence electrons. The van der Waals surface area contributed by atoms with E-state index < -0.39 is 20.3 Å². The van der Waals surface area contributed by atoms with E-state index in [2.05, 4.69) is 97.8 Å². The zero-order chi connectivity index (χ0) is 23.8. The van der Waals surface area contributed by atoms with Gasteiger partial charge < -0.3 is 4.90 Å². The molecule has 0 amide bonds. The summed E-state index contributed by atoms with van der Waals surface area (Å²) in [5, 5.41) is 0. The zero-order valence-electron chi connectivity index (χ0n) is 18.3. The Morgan fingerprint density at radius 2 is 1.31 bits per heavy atom. The summed E-state index contributed by atoms with van der Waals surface area (Å²) in [4.78, 5) is 3.68. The molecule has 1 nitrogen and oxygen atoms in total. The minimum absolute atomic E-state index is 1.16. The van der Waals surface area contributed by atoms with Crippen LogP contribution in [-0.4, -0.2) is 26.6 Å². The Hall–Kier alpha value is -1.72. The van der Waals surface area contributed by atoms with Crippen molar-refractivity contribution in [3.8, 4) is 0 Å². The molecule has 8 heteroatoms. The number of thiol groups is 1. The Kier molecular flexibility index (Phi) is 9.47. The van der Waals surface area contributed by atoms with Crippen molar-refractivity contribution in [2.24, 2.45) is 0 Å². The number of benzene rings is 3. The van der Waals surface area contributed by atoms with Crippen LogP contribution in [0.25, 0.3) is 0 Å². The molecule has 0 radical (unpaired) electrons. The third-order valence-electron chi connectivity index (χ3n) is 4.65. The van der Waals surface area contributed by atoms with Crippen LogP contribution >= 0.6 is 0 Å². The van der Waals surface area contributed by atoms with Gasteiger partial charge in [-0.15, -0.1) is 0 Å². The SMILES string of the molecule is CCCCc1ccc(N(c2ccc(C)cc2)c2cccc([SH+]C)c2)cc1.[F][Sb]([F])([F])([F])[F]. The number of hydrogen-bond acceptors (Lipinski definition) is 1. The topological polar surface area (TPSA) is 3.24 Å². The quantitative estimate of drug-likeness (QED) is 0.118. The molecule has 0 bridgehead atoms. The van der Waals surface area contributed by atoms with E-state index in [0.29, 0.717) is 0 Å². The van der Waals surface area contributed by atoms with Crippen molar-refractivity contribution >= 4 is 49.1 Å². The molecule has 3 aromatic carbocycles. The molecule has 0 aliphatic heterocycles. The van der Waals surface area contributed by atoms with Crippen LogP contribution in [-0.2, 0) is 18.2 Å². The summed E-state index contributed by atoms with van der Waals surface area (Å²) < 4.78 is 49.6. The molecule has 0 saturated heterocycles. The van der Waals surface area contributed by atoms with Crippen LogP contribution in [0.4, 0.5) is 31.1 Å². The Balaban J connectivity index is 0.000000534. The van der Waals surface area contributed by atoms with Gasteiger partial charge in [-0.3, -0.25) is 0 Å². The molecule has 0 aromatic heterocycles. The van der Waals surface area contributed by atoms with Gasteiger partial charge in [-0.1, -0.05) is 49.2 Å². The maximum absolute atomic E-state index is 9.91. The fourth-order valence-corrected chi connectivity index (χ4v) is 3.60. The van der Waals surface area contributed by atoms with Crippen LogP contribution in [0.2, 0.25) is 0 Å². The molecular formula is C24H28F5NSSb+. The standard InChI is InChI=1S/C24H27NS.5FH.Sb/c1-4-5-7-20-12-16-22(17-13-20)25(21-14-10-19(2)11-15-21)23-8-6-9-24(18-23)26-3;;;;;;/h6,8-18H,4-5,7H2,1-3H3;5*1H;/q;;;;;;+5/p-4. The van der Waals surface area contributed by atoms with Crippen molar-refractivity contribution in [3.63, 3.8) is 0 Å². The molecule has 0 N–H and O–H groups in total. The second-order valence-corrected chi connectivity index (χ2v) is 11.9. The van der Waals surface area contributed by atoms with E-state index >= 15 is 0 Å². The number of rotatable bonds is 7. The van der Waals surface area contributed by atoms with E-state index in [9.17, 15) is 14.1 Å². The van der Waals surface area contributed by atoms with Gasteiger partial charge in [-0.05, 0) is 61.7 Å². The zero-order valence-corrected chi connectivity index (χ0v) is 21.7. The van der Waals surface area contributed by atoms with Crippen molar-refractivity contribution in [2.75, 3.05) is 11.2 Å². The average molecular weight is 579 g/mol. The van der Waals surface area contributed by atoms with Crippen LogP contribution in [0, 0.1) is 6.92 Å². The van der Waals surface area contributed by atoms with Crippen molar-refractivity contribution in [2.45, 2.75) is 38.0 Å². The Bertz CT molecular complexity index is 969. The van der Waals surface area contributed by atoms with Gasteiger partial charge in [0.2, 0.25) is 0 Å². The molecule has 0 aliphatic rings. The molecular weight excluding hydrogens is 551 g/mol. The van der Waals surface area contributed by atoms with Crippen molar-refractivity contribution in [1.29, 1.82) is 0 Å². The normalized spacial score (nSPS) is 12.3.